The number of urea groups is 1. The Bertz CT molecular complexity index is 1810. The van der Waals surface area contributed by atoms with Gasteiger partial charge < -0.3 is 29.9 Å². The number of benzene rings is 3. The molecule has 2 aliphatic rings. The van der Waals surface area contributed by atoms with E-state index in [0.717, 1.165) is 43.1 Å². The molecular weight excluding hydrogens is 667 g/mol. The lowest BCUT2D eigenvalue weighted by molar-refractivity contribution is -0.115. The lowest BCUT2D eigenvalue weighted by Gasteiger charge is -2.37. The summed E-state index contributed by atoms with van der Waals surface area (Å²) >= 11 is 13.5. The van der Waals surface area contributed by atoms with Gasteiger partial charge in [-0.25, -0.2) is 9.78 Å². The van der Waals surface area contributed by atoms with E-state index in [0.29, 0.717) is 40.9 Å². The Morgan fingerprint density at radius 2 is 1.55 bits per heavy atom. The summed E-state index contributed by atoms with van der Waals surface area (Å²) in [5.74, 6) is 1.31. The highest BCUT2D eigenvalue weighted by Gasteiger charge is 2.37. The highest BCUT2D eigenvalue weighted by atomic mass is 35.5. The number of rotatable bonds is 10. The fraction of sp³-hybridized carbons (Fsp3) is 0.314. The van der Waals surface area contributed by atoms with Crippen molar-refractivity contribution in [2.75, 3.05) is 72.8 Å². The lowest BCUT2D eigenvalue weighted by atomic mass is 10.1. The number of halogens is 2. The summed E-state index contributed by atoms with van der Waals surface area (Å²) in [4.78, 5) is 43.5. The number of ether oxygens (including phenoxy) is 2. The number of nitrogens with one attached hydrogen (secondary N) is 2. The first kappa shape index (κ1) is 34.1. The second-order valence-corrected chi connectivity index (χ2v) is 12.6. The zero-order valence-corrected chi connectivity index (χ0v) is 29.3. The number of anilines is 6. The SMILES string of the molecule is CCC(=O)Nc1ccc(CN2C(=O)N(c3c(Cl)c(OC)cc(OC)c3Cl)Cc3cnc(Nc4ccc(N5CCN(C)CC5)cc4)nc32)cc1. The molecule has 3 heterocycles. The van der Waals surface area contributed by atoms with Gasteiger partial charge in [-0.2, -0.15) is 4.98 Å². The van der Waals surface area contributed by atoms with Gasteiger partial charge >= 0.3 is 6.03 Å². The topological polar surface area (TPSA) is 115 Å². The van der Waals surface area contributed by atoms with Gasteiger partial charge in [0.25, 0.3) is 0 Å². The van der Waals surface area contributed by atoms with Crippen LogP contribution in [0.15, 0.2) is 60.8 Å². The van der Waals surface area contributed by atoms with Crippen LogP contribution >= 0.6 is 23.2 Å². The van der Waals surface area contributed by atoms with Crippen molar-refractivity contribution in [1.82, 2.24) is 14.9 Å². The van der Waals surface area contributed by atoms with Crippen LogP contribution in [-0.2, 0) is 17.9 Å². The van der Waals surface area contributed by atoms with Gasteiger partial charge in [-0.05, 0) is 49.0 Å². The van der Waals surface area contributed by atoms with Gasteiger partial charge in [0.1, 0.15) is 27.4 Å². The minimum absolute atomic E-state index is 0.0864. The van der Waals surface area contributed by atoms with Gasteiger partial charge in [-0.3, -0.25) is 14.6 Å². The molecule has 14 heteroatoms. The van der Waals surface area contributed by atoms with Crippen molar-refractivity contribution < 1.29 is 19.1 Å². The minimum atomic E-state index is -0.406. The molecule has 4 aromatic rings. The van der Waals surface area contributed by atoms with Crippen molar-refractivity contribution >= 4 is 69.7 Å². The second-order valence-electron chi connectivity index (χ2n) is 11.8. The van der Waals surface area contributed by atoms with Crippen LogP contribution < -0.4 is 34.8 Å². The third-order valence-corrected chi connectivity index (χ3v) is 9.33. The second kappa shape index (κ2) is 14.8. The Morgan fingerprint density at radius 1 is 0.918 bits per heavy atom. The Hall–Kier alpha value is -4.78. The number of likely N-dealkylation sites (N-methyl/N-ethyl adjacent to an activating group) is 1. The Labute approximate surface area is 295 Å². The molecule has 0 unspecified atom stereocenters. The van der Waals surface area contributed by atoms with E-state index in [1.54, 1.807) is 36.2 Å². The van der Waals surface area contributed by atoms with Crippen LogP contribution in [-0.4, -0.2) is 74.3 Å². The van der Waals surface area contributed by atoms with Crippen LogP contribution in [0.3, 0.4) is 0 Å². The first-order valence-corrected chi connectivity index (χ1v) is 16.7. The number of aromatic nitrogens is 2. The van der Waals surface area contributed by atoms with Crippen molar-refractivity contribution in [2.24, 2.45) is 0 Å². The number of carbonyl (C=O) groups excluding carboxylic acids is 2. The van der Waals surface area contributed by atoms with E-state index in [4.69, 9.17) is 37.7 Å². The average Bonchev–Trinajstić information content (AvgIpc) is 3.11. The summed E-state index contributed by atoms with van der Waals surface area (Å²) in [6, 6.07) is 16.7. The first-order valence-electron chi connectivity index (χ1n) is 15.9. The number of fused-ring (bicyclic) bond motifs is 1. The molecule has 2 aliphatic heterocycles. The monoisotopic (exact) mass is 704 g/mol. The van der Waals surface area contributed by atoms with Gasteiger partial charge in [-0.15, -0.1) is 0 Å². The van der Waals surface area contributed by atoms with Gasteiger partial charge in [0, 0.05) is 67.5 Å². The molecule has 0 aliphatic carbocycles. The molecule has 256 valence electrons. The third kappa shape index (κ3) is 7.31. The third-order valence-electron chi connectivity index (χ3n) is 8.60. The van der Waals surface area contributed by atoms with Crippen LogP contribution in [0.1, 0.15) is 24.5 Å². The van der Waals surface area contributed by atoms with Crippen LogP contribution in [0.2, 0.25) is 10.0 Å². The molecule has 0 atom stereocenters. The molecule has 1 fully saturated rings. The summed E-state index contributed by atoms with van der Waals surface area (Å²) < 4.78 is 11.0. The number of nitrogens with zero attached hydrogens (tertiary/aromatic N) is 6. The molecule has 3 aromatic carbocycles. The van der Waals surface area contributed by atoms with Crippen molar-refractivity contribution in [3.05, 3.63) is 82.0 Å². The lowest BCUT2D eigenvalue weighted by Crippen LogP contribution is -2.47. The zero-order valence-electron chi connectivity index (χ0n) is 27.8. The first-order chi connectivity index (χ1) is 23.7. The van der Waals surface area contributed by atoms with Gasteiger partial charge in [0.15, 0.2) is 0 Å². The molecule has 6 rings (SSSR count). The molecule has 0 radical (unpaired) electrons. The Morgan fingerprint density at radius 3 is 2.16 bits per heavy atom. The summed E-state index contributed by atoms with van der Waals surface area (Å²) in [6.07, 6.45) is 2.06. The van der Waals surface area contributed by atoms with Crippen molar-refractivity contribution in [2.45, 2.75) is 26.4 Å². The molecule has 3 amide bonds. The average molecular weight is 706 g/mol. The summed E-state index contributed by atoms with van der Waals surface area (Å²) in [5.41, 5.74) is 4.38. The standard InChI is InChI=1S/C35H38Cl2N8O4/c1-5-29(46)39-24-8-6-22(7-9-24)20-45-33-23(21-44(35(45)47)32-30(36)27(48-3)18-28(49-4)31(32)37)19-38-34(41-33)40-25-10-12-26(13-11-25)43-16-14-42(2)15-17-43/h6-13,18-19H,5,14-17,20-21H2,1-4H3,(H,39,46)(H,38,40,41). The largest absolute Gasteiger partial charge is 0.495 e. The predicted octanol–water partition coefficient (Wildman–Crippen LogP) is 6.79. The molecule has 49 heavy (non-hydrogen) atoms. The van der Waals surface area contributed by atoms with Crippen molar-refractivity contribution in [3.8, 4) is 11.5 Å². The highest BCUT2D eigenvalue weighted by Crippen LogP contribution is 2.48. The molecule has 1 aromatic heterocycles. The maximum atomic E-state index is 14.4. The molecular formula is C35H38Cl2N8O4. The van der Waals surface area contributed by atoms with Crippen molar-refractivity contribution in [1.29, 1.82) is 0 Å². The smallest absolute Gasteiger partial charge is 0.330 e. The molecule has 0 saturated carbocycles. The van der Waals surface area contributed by atoms with E-state index >= 15 is 0 Å². The number of methoxy groups -OCH3 is 2. The number of hydrogen-bond donors (Lipinski definition) is 2. The van der Waals surface area contributed by atoms with Crippen LogP contribution in [0, 0.1) is 0 Å². The van der Waals surface area contributed by atoms with E-state index in [2.05, 4.69) is 44.6 Å². The van der Waals surface area contributed by atoms with Crippen LogP contribution in [0.25, 0.3) is 0 Å². The fourth-order valence-electron chi connectivity index (χ4n) is 5.78. The summed E-state index contributed by atoms with van der Waals surface area (Å²) in [5, 5.41) is 6.48. The van der Waals surface area contributed by atoms with E-state index in [9.17, 15) is 9.59 Å². The number of piperazine rings is 1. The fourth-order valence-corrected chi connectivity index (χ4v) is 6.48. The maximum Gasteiger partial charge on any atom is 0.330 e. The highest BCUT2D eigenvalue weighted by molar-refractivity contribution is 6.42. The van der Waals surface area contributed by atoms with E-state index in [1.165, 1.54) is 19.1 Å². The van der Waals surface area contributed by atoms with Gasteiger partial charge in [0.05, 0.1) is 33.0 Å². The van der Waals surface area contributed by atoms with Gasteiger partial charge in [0.2, 0.25) is 11.9 Å². The van der Waals surface area contributed by atoms with Gasteiger partial charge in [-0.1, -0.05) is 42.3 Å². The maximum absolute atomic E-state index is 14.4. The quantitative estimate of drug-likeness (QED) is 0.184. The molecule has 2 N–H and O–H groups in total. The Kier molecular flexibility index (Phi) is 10.3. The zero-order chi connectivity index (χ0) is 34.7. The molecule has 0 spiro atoms. The number of amides is 3. The van der Waals surface area contributed by atoms with Crippen molar-refractivity contribution in [3.63, 3.8) is 0 Å². The summed E-state index contributed by atoms with van der Waals surface area (Å²) in [6.45, 7) is 6.07. The van der Waals surface area contributed by atoms with Crippen LogP contribution in [0.5, 0.6) is 11.5 Å². The molecule has 0 bridgehead atoms. The van der Waals surface area contributed by atoms with E-state index in [-0.39, 0.29) is 34.7 Å². The van der Waals surface area contributed by atoms with E-state index in [1.807, 2.05) is 24.3 Å². The number of hydrogen-bond acceptors (Lipinski definition) is 9. The minimum Gasteiger partial charge on any atom is -0.495 e. The normalized spacial score (nSPS) is 14.8. The molecule has 1 saturated heterocycles. The number of carbonyl (C=O) groups is 2. The van der Waals surface area contributed by atoms with Crippen LogP contribution in [0.4, 0.5) is 39.3 Å². The van der Waals surface area contributed by atoms with E-state index < -0.39 is 6.03 Å². The Balaban J connectivity index is 1.33. The predicted molar refractivity (Wildman–Crippen MR) is 194 cm³/mol. The molecule has 12 nitrogen and oxygen atoms in total. The summed E-state index contributed by atoms with van der Waals surface area (Å²) in [7, 11) is 5.10.